The number of nitrogens with two attached hydrogens (primary N) is 1. The van der Waals surface area contributed by atoms with Gasteiger partial charge in [-0.15, -0.1) is 0 Å². The van der Waals surface area contributed by atoms with Gasteiger partial charge in [-0.05, 0) is 30.3 Å². The SMILES string of the molecule is Nc1cnc(C(F)(F)F)cc1Sc1ccc(Br)cc1. The number of nitrogens with zero attached hydrogens (tertiary/aromatic N) is 1. The van der Waals surface area contributed by atoms with Crippen LogP contribution in [0.2, 0.25) is 0 Å². The molecule has 0 bridgehead atoms. The first-order chi connectivity index (χ1) is 8.86. The number of hydrogen-bond donors (Lipinski definition) is 1. The summed E-state index contributed by atoms with van der Waals surface area (Å²) in [6.07, 6.45) is -3.44. The second kappa shape index (κ2) is 5.42. The molecule has 0 aliphatic heterocycles. The topological polar surface area (TPSA) is 38.9 Å². The first-order valence-corrected chi connectivity index (χ1v) is 6.73. The summed E-state index contributed by atoms with van der Waals surface area (Å²) in [4.78, 5) is 4.43. The van der Waals surface area contributed by atoms with Gasteiger partial charge in [0.1, 0.15) is 5.69 Å². The fourth-order valence-electron chi connectivity index (χ4n) is 1.32. The van der Waals surface area contributed by atoms with Crippen LogP contribution >= 0.6 is 27.7 Å². The maximum Gasteiger partial charge on any atom is 0.433 e. The molecule has 0 saturated heterocycles. The molecule has 19 heavy (non-hydrogen) atoms. The third-order valence-electron chi connectivity index (χ3n) is 2.23. The molecule has 0 amide bonds. The van der Waals surface area contributed by atoms with E-state index in [4.69, 9.17) is 5.73 Å². The van der Waals surface area contributed by atoms with Gasteiger partial charge in [-0.25, -0.2) is 4.98 Å². The molecule has 1 aromatic carbocycles. The lowest BCUT2D eigenvalue weighted by Crippen LogP contribution is -2.08. The van der Waals surface area contributed by atoms with Crippen LogP contribution in [0.15, 0.2) is 50.8 Å². The third kappa shape index (κ3) is 3.63. The molecular weight excluding hydrogens is 341 g/mol. The lowest BCUT2D eigenvalue weighted by atomic mass is 10.3. The summed E-state index contributed by atoms with van der Waals surface area (Å²) < 4.78 is 38.6. The predicted molar refractivity (Wildman–Crippen MR) is 71.9 cm³/mol. The van der Waals surface area contributed by atoms with Crippen LogP contribution in [0.5, 0.6) is 0 Å². The number of halogens is 4. The van der Waals surface area contributed by atoms with Crippen LogP contribution < -0.4 is 5.73 Å². The Morgan fingerprint density at radius 2 is 1.79 bits per heavy atom. The quantitative estimate of drug-likeness (QED) is 0.862. The molecule has 0 saturated carbocycles. The van der Waals surface area contributed by atoms with Crippen molar-refractivity contribution in [3.05, 3.63) is 46.7 Å². The molecule has 100 valence electrons. The zero-order chi connectivity index (χ0) is 14.0. The highest BCUT2D eigenvalue weighted by atomic mass is 79.9. The average Bonchev–Trinajstić information content (AvgIpc) is 2.33. The Bertz CT molecular complexity index is 585. The van der Waals surface area contributed by atoms with E-state index in [0.717, 1.165) is 21.6 Å². The highest BCUT2D eigenvalue weighted by Gasteiger charge is 2.32. The summed E-state index contributed by atoms with van der Waals surface area (Å²) in [6, 6.07) is 8.17. The van der Waals surface area contributed by atoms with E-state index >= 15 is 0 Å². The highest BCUT2D eigenvalue weighted by molar-refractivity contribution is 9.10. The minimum Gasteiger partial charge on any atom is -0.397 e. The Kier molecular flexibility index (Phi) is 4.05. The van der Waals surface area contributed by atoms with Gasteiger partial charge in [0.2, 0.25) is 0 Å². The summed E-state index contributed by atoms with van der Waals surface area (Å²) in [5, 5.41) is 0. The maximum absolute atomic E-state index is 12.6. The largest absolute Gasteiger partial charge is 0.433 e. The minimum absolute atomic E-state index is 0.223. The van der Waals surface area contributed by atoms with Crippen molar-refractivity contribution in [3.8, 4) is 0 Å². The molecule has 0 aliphatic carbocycles. The van der Waals surface area contributed by atoms with Crippen LogP contribution in [0, 0.1) is 0 Å². The molecule has 0 radical (unpaired) electrons. The fraction of sp³-hybridized carbons (Fsp3) is 0.0833. The average molecular weight is 349 g/mol. The lowest BCUT2D eigenvalue weighted by Gasteiger charge is -2.10. The van der Waals surface area contributed by atoms with Gasteiger partial charge in [-0.2, -0.15) is 13.2 Å². The summed E-state index contributed by atoms with van der Waals surface area (Å²) >= 11 is 4.46. The summed E-state index contributed by atoms with van der Waals surface area (Å²) in [7, 11) is 0. The molecule has 2 aromatic rings. The monoisotopic (exact) mass is 348 g/mol. The van der Waals surface area contributed by atoms with Crippen molar-refractivity contribution in [2.24, 2.45) is 0 Å². The number of nitrogen functional groups attached to an aromatic ring is 1. The molecular formula is C12H8BrF3N2S. The lowest BCUT2D eigenvalue weighted by molar-refractivity contribution is -0.141. The first kappa shape index (κ1) is 14.2. The minimum atomic E-state index is -4.47. The number of alkyl halides is 3. The standard InChI is InChI=1S/C12H8BrF3N2S/c13-7-1-3-8(4-2-7)19-10-5-11(12(14,15)16)18-6-9(10)17/h1-6H,17H2. The van der Waals surface area contributed by atoms with Gasteiger partial charge in [0.15, 0.2) is 0 Å². The molecule has 0 unspecified atom stereocenters. The molecule has 7 heteroatoms. The van der Waals surface area contributed by atoms with Gasteiger partial charge < -0.3 is 5.73 Å². The van der Waals surface area contributed by atoms with Gasteiger partial charge in [0.25, 0.3) is 0 Å². The number of rotatable bonds is 2. The van der Waals surface area contributed by atoms with Gasteiger partial charge in [-0.3, -0.25) is 0 Å². The second-order valence-electron chi connectivity index (χ2n) is 3.66. The van der Waals surface area contributed by atoms with Crippen molar-refractivity contribution >= 4 is 33.4 Å². The van der Waals surface area contributed by atoms with Crippen LogP contribution in [0.4, 0.5) is 18.9 Å². The number of benzene rings is 1. The van der Waals surface area contributed by atoms with Crippen molar-refractivity contribution in [3.63, 3.8) is 0 Å². The normalized spacial score (nSPS) is 11.6. The smallest absolute Gasteiger partial charge is 0.397 e. The molecule has 0 fully saturated rings. The van der Waals surface area contributed by atoms with Gasteiger partial charge in [0.05, 0.1) is 11.9 Å². The summed E-state index contributed by atoms with van der Waals surface area (Å²) in [6.45, 7) is 0. The van der Waals surface area contributed by atoms with Crippen LogP contribution in [0.1, 0.15) is 5.69 Å². The van der Waals surface area contributed by atoms with E-state index in [-0.39, 0.29) is 5.69 Å². The predicted octanol–water partition coefficient (Wildman–Crippen LogP) is 4.60. The number of anilines is 1. The second-order valence-corrected chi connectivity index (χ2v) is 5.69. The first-order valence-electron chi connectivity index (χ1n) is 5.12. The molecule has 0 aliphatic rings. The molecule has 2 N–H and O–H groups in total. The van der Waals surface area contributed by atoms with Crippen LogP contribution in [0.3, 0.4) is 0 Å². The van der Waals surface area contributed by atoms with Crippen molar-refractivity contribution < 1.29 is 13.2 Å². The Hall–Kier alpha value is -1.21. The Morgan fingerprint density at radius 1 is 1.16 bits per heavy atom. The van der Waals surface area contributed by atoms with Crippen molar-refractivity contribution in [1.82, 2.24) is 4.98 Å². The van der Waals surface area contributed by atoms with Crippen molar-refractivity contribution in [2.75, 3.05) is 5.73 Å². The molecule has 0 spiro atoms. The Morgan fingerprint density at radius 3 is 2.37 bits per heavy atom. The number of pyridine rings is 1. The highest BCUT2D eigenvalue weighted by Crippen LogP contribution is 2.36. The third-order valence-corrected chi connectivity index (χ3v) is 3.84. The van der Waals surface area contributed by atoms with Gasteiger partial charge in [0, 0.05) is 14.3 Å². The van der Waals surface area contributed by atoms with Crippen molar-refractivity contribution in [1.29, 1.82) is 0 Å². The van der Waals surface area contributed by atoms with E-state index < -0.39 is 11.9 Å². The zero-order valence-corrected chi connectivity index (χ0v) is 11.8. The van der Waals surface area contributed by atoms with Gasteiger partial charge >= 0.3 is 6.18 Å². The zero-order valence-electron chi connectivity index (χ0n) is 9.41. The molecule has 1 heterocycles. The van der Waals surface area contributed by atoms with Crippen LogP contribution in [0.25, 0.3) is 0 Å². The molecule has 2 nitrogen and oxygen atoms in total. The van der Waals surface area contributed by atoms with E-state index in [1.165, 1.54) is 11.8 Å². The summed E-state index contributed by atoms with van der Waals surface area (Å²) in [5.41, 5.74) is 4.93. The van der Waals surface area contributed by atoms with Crippen LogP contribution in [-0.2, 0) is 6.18 Å². The van der Waals surface area contributed by atoms with Gasteiger partial charge in [-0.1, -0.05) is 27.7 Å². The van der Waals surface area contributed by atoms with E-state index in [0.29, 0.717) is 4.90 Å². The van der Waals surface area contributed by atoms with E-state index in [2.05, 4.69) is 20.9 Å². The Labute approximate surface area is 120 Å². The van der Waals surface area contributed by atoms with E-state index in [1.807, 2.05) is 12.1 Å². The summed E-state index contributed by atoms with van der Waals surface area (Å²) in [5.74, 6) is 0. The molecule has 1 aromatic heterocycles. The van der Waals surface area contributed by atoms with Crippen molar-refractivity contribution in [2.45, 2.75) is 16.0 Å². The molecule has 2 rings (SSSR count). The van der Waals surface area contributed by atoms with E-state index in [1.54, 1.807) is 12.1 Å². The van der Waals surface area contributed by atoms with Crippen LogP contribution in [-0.4, -0.2) is 4.98 Å². The number of aromatic nitrogens is 1. The number of hydrogen-bond acceptors (Lipinski definition) is 3. The van der Waals surface area contributed by atoms with E-state index in [9.17, 15) is 13.2 Å². The maximum atomic E-state index is 12.6. The Balaban J connectivity index is 2.31. The fourth-order valence-corrected chi connectivity index (χ4v) is 2.45. The molecule has 0 atom stereocenters.